The zero-order valence-electron chi connectivity index (χ0n) is 16.5. The maximum Gasteiger partial charge on any atom is 0.311 e. The van der Waals surface area contributed by atoms with Crippen molar-refractivity contribution in [2.45, 2.75) is 39.7 Å². The molecule has 0 aliphatic carbocycles. The third-order valence-electron chi connectivity index (χ3n) is 5.17. The average Bonchev–Trinajstić information content (AvgIpc) is 2.62. The summed E-state index contributed by atoms with van der Waals surface area (Å²) in [6.45, 7) is 9.24. The van der Waals surface area contributed by atoms with Gasteiger partial charge in [0.25, 0.3) is 0 Å². The van der Waals surface area contributed by atoms with Gasteiger partial charge in [-0.05, 0) is 56.5 Å². The Labute approximate surface area is 161 Å². The highest BCUT2D eigenvalue weighted by molar-refractivity contribution is 5.75. The number of benzene rings is 2. The molecule has 1 heterocycles. The van der Waals surface area contributed by atoms with Crippen LogP contribution in [0, 0.1) is 17.2 Å². The number of anilines is 1. The summed E-state index contributed by atoms with van der Waals surface area (Å²) in [6, 6.07) is 16.8. The number of ether oxygens (including phenoxy) is 1. The third-order valence-corrected chi connectivity index (χ3v) is 5.17. The number of carbonyl (C=O) groups is 1. The van der Waals surface area contributed by atoms with Crippen molar-refractivity contribution in [1.29, 1.82) is 0 Å². The summed E-state index contributed by atoms with van der Waals surface area (Å²) in [7, 11) is 0. The summed E-state index contributed by atoms with van der Waals surface area (Å²) in [4.78, 5) is 14.9. The van der Waals surface area contributed by atoms with Crippen LogP contribution in [0.2, 0.25) is 0 Å². The van der Waals surface area contributed by atoms with Gasteiger partial charge in [0, 0.05) is 18.2 Å². The molecule has 0 radical (unpaired) electrons. The fraction of sp³-hybridized carbons (Fsp3) is 0.435. The molecule has 0 saturated carbocycles. The van der Waals surface area contributed by atoms with Gasteiger partial charge in [0.2, 0.25) is 0 Å². The van der Waals surface area contributed by atoms with Crippen molar-refractivity contribution in [2.24, 2.45) is 11.3 Å². The summed E-state index contributed by atoms with van der Waals surface area (Å²) < 4.78 is 19.4. The molecule has 1 aliphatic heterocycles. The lowest BCUT2D eigenvalue weighted by atomic mass is 9.79. The molecule has 0 amide bonds. The molecule has 3 rings (SSSR count). The summed E-state index contributed by atoms with van der Waals surface area (Å²) in [5.41, 5.74) is 1.58. The molecule has 1 saturated heterocycles. The van der Waals surface area contributed by atoms with Crippen molar-refractivity contribution in [3.8, 4) is 0 Å². The number of piperidine rings is 1. The van der Waals surface area contributed by atoms with Crippen molar-refractivity contribution < 1.29 is 13.9 Å². The highest BCUT2D eigenvalue weighted by Crippen LogP contribution is 2.37. The first-order valence-corrected chi connectivity index (χ1v) is 9.52. The second-order valence-electron chi connectivity index (χ2n) is 8.49. The molecule has 27 heavy (non-hydrogen) atoms. The molecule has 4 heteroatoms. The fourth-order valence-electron chi connectivity index (χ4n) is 3.74. The number of hydrogen-bond acceptors (Lipinski definition) is 3. The van der Waals surface area contributed by atoms with Crippen LogP contribution in [0.1, 0.15) is 39.2 Å². The predicted molar refractivity (Wildman–Crippen MR) is 106 cm³/mol. The largest absolute Gasteiger partial charge is 0.459 e. The molecule has 3 atom stereocenters. The van der Waals surface area contributed by atoms with Crippen molar-refractivity contribution in [3.05, 3.63) is 66.0 Å². The number of carbonyl (C=O) groups excluding carboxylic acids is 1. The summed E-state index contributed by atoms with van der Waals surface area (Å²) in [6.07, 6.45) is -0.286. The van der Waals surface area contributed by atoms with Gasteiger partial charge in [0.05, 0.1) is 12.0 Å². The van der Waals surface area contributed by atoms with Gasteiger partial charge in [-0.25, -0.2) is 4.39 Å². The van der Waals surface area contributed by atoms with E-state index < -0.39 is 5.41 Å². The second kappa shape index (κ2) is 7.71. The lowest BCUT2D eigenvalue weighted by Gasteiger charge is -2.44. The van der Waals surface area contributed by atoms with Gasteiger partial charge in [-0.3, -0.25) is 4.79 Å². The summed E-state index contributed by atoms with van der Waals surface area (Å²) in [5, 5.41) is 0. The van der Waals surface area contributed by atoms with Gasteiger partial charge < -0.3 is 9.64 Å². The van der Waals surface area contributed by atoms with E-state index in [2.05, 4.69) is 24.0 Å². The summed E-state index contributed by atoms with van der Waals surface area (Å²) in [5.74, 6) is -0.169. The Bertz CT molecular complexity index is 767. The Kier molecular flexibility index (Phi) is 5.54. The first-order chi connectivity index (χ1) is 12.8. The molecule has 0 bridgehead atoms. The topological polar surface area (TPSA) is 29.5 Å². The molecule has 3 unspecified atom stereocenters. The van der Waals surface area contributed by atoms with Gasteiger partial charge in [0.15, 0.2) is 0 Å². The molecule has 1 fully saturated rings. The quantitative estimate of drug-likeness (QED) is 0.711. The van der Waals surface area contributed by atoms with E-state index in [4.69, 9.17) is 4.74 Å². The molecule has 0 N–H and O–H groups in total. The molecule has 0 spiro atoms. The van der Waals surface area contributed by atoms with Gasteiger partial charge in [-0.15, -0.1) is 0 Å². The monoisotopic (exact) mass is 369 g/mol. The zero-order valence-corrected chi connectivity index (χ0v) is 16.5. The molecule has 3 nitrogen and oxygen atoms in total. The minimum atomic E-state index is -0.564. The highest BCUT2D eigenvalue weighted by Gasteiger charge is 2.39. The van der Waals surface area contributed by atoms with E-state index in [0.717, 1.165) is 17.8 Å². The van der Waals surface area contributed by atoms with Gasteiger partial charge in [0.1, 0.15) is 11.9 Å². The SMILES string of the molecule is CC1CN(c2ccccc2)CC(OC(=O)C(C)(C)C)C1c1ccc(F)cc1. The zero-order chi connectivity index (χ0) is 19.6. The van der Waals surface area contributed by atoms with Crippen LogP contribution >= 0.6 is 0 Å². The number of para-hydroxylation sites is 1. The molecule has 2 aromatic carbocycles. The van der Waals surface area contributed by atoms with Crippen molar-refractivity contribution in [3.63, 3.8) is 0 Å². The molecule has 0 aromatic heterocycles. The average molecular weight is 369 g/mol. The maximum atomic E-state index is 13.4. The van der Waals surface area contributed by atoms with Crippen LogP contribution in [0.15, 0.2) is 54.6 Å². The van der Waals surface area contributed by atoms with E-state index in [9.17, 15) is 9.18 Å². The molecule has 1 aliphatic rings. The standard InChI is InChI=1S/C23H28FNO2/c1-16-14-25(19-8-6-5-7-9-19)15-20(27-22(26)23(2,3)4)21(16)17-10-12-18(24)13-11-17/h5-13,16,20-21H,14-15H2,1-4H3. The Morgan fingerprint density at radius 2 is 1.67 bits per heavy atom. The predicted octanol–water partition coefficient (Wildman–Crippen LogP) is 5.02. The van der Waals surface area contributed by atoms with Gasteiger partial charge in [-0.1, -0.05) is 37.3 Å². The van der Waals surface area contributed by atoms with E-state index in [-0.39, 0.29) is 29.7 Å². The minimum absolute atomic E-state index is 0.0388. The van der Waals surface area contributed by atoms with Crippen LogP contribution in [0.4, 0.5) is 10.1 Å². The number of halogens is 1. The van der Waals surface area contributed by atoms with Crippen LogP contribution in [0.25, 0.3) is 0 Å². The first-order valence-electron chi connectivity index (χ1n) is 9.52. The van der Waals surface area contributed by atoms with Crippen LogP contribution in [-0.4, -0.2) is 25.2 Å². The van der Waals surface area contributed by atoms with Crippen LogP contribution in [0.5, 0.6) is 0 Å². The Morgan fingerprint density at radius 1 is 1.04 bits per heavy atom. The van der Waals surface area contributed by atoms with E-state index in [1.165, 1.54) is 12.1 Å². The number of nitrogens with zero attached hydrogens (tertiary/aromatic N) is 1. The highest BCUT2D eigenvalue weighted by atomic mass is 19.1. The number of hydrogen-bond donors (Lipinski definition) is 0. The van der Waals surface area contributed by atoms with E-state index in [1.807, 2.05) is 51.1 Å². The Balaban J connectivity index is 1.91. The minimum Gasteiger partial charge on any atom is -0.459 e. The number of rotatable bonds is 3. The normalized spacial score (nSPS) is 23.1. The Morgan fingerprint density at radius 3 is 2.26 bits per heavy atom. The summed E-state index contributed by atoms with van der Waals surface area (Å²) >= 11 is 0. The molecular weight excluding hydrogens is 341 g/mol. The van der Waals surface area contributed by atoms with Gasteiger partial charge >= 0.3 is 5.97 Å². The van der Waals surface area contributed by atoms with Crippen molar-refractivity contribution >= 4 is 11.7 Å². The van der Waals surface area contributed by atoms with Crippen molar-refractivity contribution in [1.82, 2.24) is 0 Å². The third kappa shape index (κ3) is 4.49. The maximum absolute atomic E-state index is 13.4. The van der Waals surface area contributed by atoms with Crippen LogP contribution in [-0.2, 0) is 9.53 Å². The smallest absolute Gasteiger partial charge is 0.311 e. The van der Waals surface area contributed by atoms with E-state index >= 15 is 0 Å². The fourth-order valence-corrected chi connectivity index (χ4v) is 3.74. The number of esters is 1. The molecule has 144 valence electrons. The lowest BCUT2D eigenvalue weighted by molar-refractivity contribution is -0.160. The van der Waals surface area contributed by atoms with Crippen LogP contribution in [0.3, 0.4) is 0 Å². The van der Waals surface area contributed by atoms with E-state index in [1.54, 1.807) is 0 Å². The first kappa shape index (κ1) is 19.4. The lowest BCUT2D eigenvalue weighted by Crippen LogP contribution is -2.50. The second-order valence-corrected chi connectivity index (χ2v) is 8.49. The Hall–Kier alpha value is -2.36. The van der Waals surface area contributed by atoms with E-state index in [0.29, 0.717) is 6.54 Å². The van der Waals surface area contributed by atoms with Gasteiger partial charge in [-0.2, -0.15) is 0 Å². The molecule has 2 aromatic rings. The molecular formula is C23H28FNO2. The van der Waals surface area contributed by atoms with Crippen LogP contribution < -0.4 is 4.90 Å². The van der Waals surface area contributed by atoms with Crippen molar-refractivity contribution in [2.75, 3.05) is 18.0 Å².